The van der Waals surface area contributed by atoms with Crippen LogP contribution in [0.3, 0.4) is 0 Å². The molecule has 1 fully saturated rings. The average Bonchev–Trinajstić information content (AvgIpc) is 2.87. The highest BCUT2D eigenvalue weighted by Crippen LogP contribution is 2.21. The number of allylic oxidation sites excluding steroid dienone is 5. The molecule has 21 heavy (non-hydrogen) atoms. The zero-order valence-corrected chi connectivity index (χ0v) is 13.6. The molecule has 0 unspecified atom stereocenters. The molecule has 0 amide bonds. The number of hydrogen-bond acceptors (Lipinski definition) is 4. The first-order valence-corrected chi connectivity index (χ1v) is 7.45. The Kier molecular flexibility index (Phi) is 9.58. The lowest BCUT2D eigenvalue weighted by Crippen LogP contribution is -2.26. The number of halogens is 1. The first kappa shape index (κ1) is 19.5. The van der Waals surface area contributed by atoms with Gasteiger partial charge < -0.3 is 5.73 Å². The van der Waals surface area contributed by atoms with Crippen LogP contribution in [0.1, 0.15) is 47.0 Å². The van der Waals surface area contributed by atoms with Gasteiger partial charge in [0.15, 0.2) is 5.78 Å². The molecule has 4 N–H and O–H groups in total. The Bertz CT molecular complexity index is 433. The van der Waals surface area contributed by atoms with Crippen LogP contribution < -0.4 is 11.6 Å². The molecule has 0 spiro atoms. The van der Waals surface area contributed by atoms with E-state index in [4.69, 9.17) is 11.6 Å². The van der Waals surface area contributed by atoms with E-state index in [0.717, 1.165) is 18.7 Å². The summed E-state index contributed by atoms with van der Waals surface area (Å²) < 4.78 is 13.2. The predicted molar refractivity (Wildman–Crippen MR) is 85.8 cm³/mol. The van der Waals surface area contributed by atoms with Gasteiger partial charge in [-0.15, -0.1) is 0 Å². The van der Waals surface area contributed by atoms with Crippen molar-refractivity contribution in [2.45, 2.75) is 47.0 Å². The van der Waals surface area contributed by atoms with Gasteiger partial charge in [-0.05, 0) is 39.2 Å². The minimum absolute atomic E-state index is 0.0515. The largest absolute Gasteiger partial charge is 0.396 e. The van der Waals surface area contributed by atoms with Gasteiger partial charge >= 0.3 is 0 Å². The van der Waals surface area contributed by atoms with Gasteiger partial charge in [-0.2, -0.15) is 0 Å². The predicted octanol–water partition coefficient (Wildman–Crippen LogP) is 2.97. The van der Waals surface area contributed by atoms with Gasteiger partial charge in [-0.25, -0.2) is 9.40 Å². The molecule has 0 aromatic rings. The van der Waals surface area contributed by atoms with E-state index >= 15 is 0 Å². The standard InChI is InChI=1S/C10H12FNO.C4H10N2.C2H6/c1-6-3-4-8(7(2)13)10(12)9(11)5-6;5-6-3-1-2-4-6;1-2/h4-5H,3,12H2,1-2H3;1-5H2;1-2H3. The summed E-state index contributed by atoms with van der Waals surface area (Å²) in [6.45, 7) is 9.37. The molecule has 4 nitrogen and oxygen atoms in total. The molecule has 5 heteroatoms. The Hall–Kier alpha value is -1.46. The summed E-state index contributed by atoms with van der Waals surface area (Å²) in [6.07, 6.45) is 6.17. The highest BCUT2D eigenvalue weighted by Gasteiger charge is 2.13. The summed E-state index contributed by atoms with van der Waals surface area (Å²) in [5.41, 5.74) is 6.55. The number of ketones is 1. The summed E-state index contributed by atoms with van der Waals surface area (Å²) >= 11 is 0. The summed E-state index contributed by atoms with van der Waals surface area (Å²) in [7, 11) is 0. The van der Waals surface area contributed by atoms with Crippen LogP contribution in [0.2, 0.25) is 0 Å². The third-order valence-electron chi connectivity index (χ3n) is 3.07. The van der Waals surface area contributed by atoms with Gasteiger partial charge in [0.05, 0.1) is 5.70 Å². The lowest BCUT2D eigenvalue weighted by atomic mass is 10.1. The molecular weight excluding hydrogens is 269 g/mol. The van der Waals surface area contributed by atoms with E-state index in [9.17, 15) is 9.18 Å². The van der Waals surface area contributed by atoms with Crippen molar-refractivity contribution >= 4 is 5.78 Å². The van der Waals surface area contributed by atoms with Gasteiger partial charge in [-0.3, -0.25) is 10.6 Å². The molecule has 1 aliphatic carbocycles. The number of nitrogens with zero attached hydrogens (tertiary/aromatic N) is 1. The van der Waals surface area contributed by atoms with E-state index in [2.05, 4.69) is 0 Å². The summed E-state index contributed by atoms with van der Waals surface area (Å²) in [5.74, 6) is 4.65. The number of rotatable bonds is 1. The van der Waals surface area contributed by atoms with E-state index in [1.54, 1.807) is 13.0 Å². The van der Waals surface area contributed by atoms with Crippen LogP contribution in [0.25, 0.3) is 0 Å². The van der Waals surface area contributed by atoms with E-state index in [1.165, 1.54) is 25.8 Å². The van der Waals surface area contributed by atoms with Crippen LogP contribution in [0, 0.1) is 0 Å². The lowest BCUT2D eigenvalue weighted by molar-refractivity contribution is -0.113. The first-order valence-electron chi connectivity index (χ1n) is 7.45. The van der Waals surface area contributed by atoms with E-state index in [-0.39, 0.29) is 17.1 Å². The smallest absolute Gasteiger partial charge is 0.161 e. The van der Waals surface area contributed by atoms with Crippen molar-refractivity contribution in [2.24, 2.45) is 11.6 Å². The van der Waals surface area contributed by atoms with Crippen molar-refractivity contribution in [1.29, 1.82) is 0 Å². The highest BCUT2D eigenvalue weighted by atomic mass is 19.1. The molecule has 2 aliphatic rings. The molecule has 0 aromatic carbocycles. The Morgan fingerprint density at radius 1 is 1.29 bits per heavy atom. The maximum absolute atomic E-state index is 13.2. The molecule has 1 aliphatic heterocycles. The Morgan fingerprint density at radius 2 is 1.81 bits per heavy atom. The normalized spacial score (nSPS) is 18.6. The van der Waals surface area contributed by atoms with Gasteiger partial charge in [0.1, 0.15) is 5.83 Å². The third-order valence-corrected chi connectivity index (χ3v) is 3.07. The molecule has 0 aromatic heterocycles. The minimum atomic E-state index is -0.517. The van der Waals surface area contributed by atoms with Crippen molar-refractivity contribution < 1.29 is 9.18 Å². The average molecular weight is 297 g/mol. The van der Waals surface area contributed by atoms with Crippen LogP contribution in [0.5, 0.6) is 0 Å². The van der Waals surface area contributed by atoms with E-state index in [1.807, 2.05) is 18.9 Å². The van der Waals surface area contributed by atoms with Crippen molar-refractivity contribution in [2.75, 3.05) is 13.1 Å². The third kappa shape index (κ3) is 7.20. The minimum Gasteiger partial charge on any atom is -0.396 e. The molecule has 0 saturated carbocycles. The van der Waals surface area contributed by atoms with Crippen molar-refractivity contribution in [1.82, 2.24) is 5.01 Å². The second kappa shape index (κ2) is 10.3. The van der Waals surface area contributed by atoms with Crippen molar-refractivity contribution in [3.8, 4) is 0 Å². The Labute approximate surface area is 127 Å². The number of carbonyl (C=O) groups is 1. The number of carbonyl (C=O) groups excluding carboxylic acids is 1. The van der Waals surface area contributed by atoms with Crippen LogP contribution >= 0.6 is 0 Å². The van der Waals surface area contributed by atoms with Crippen LogP contribution in [-0.2, 0) is 4.79 Å². The summed E-state index contributed by atoms with van der Waals surface area (Å²) in [5, 5.41) is 1.86. The highest BCUT2D eigenvalue weighted by molar-refractivity contribution is 5.97. The van der Waals surface area contributed by atoms with Gasteiger partial charge in [-0.1, -0.05) is 25.5 Å². The molecule has 1 heterocycles. The Balaban J connectivity index is 0.000000416. The monoisotopic (exact) mass is 297 g/mol. The molecular formula is C16H28FN3O. The second-order valence-electron chi connectivity index (χ2n) is 4.87. The molecule has 120 valence electrons. The topological polar surface area (TPSA) is 72.3 Å². The number of nitrogens with two attached hydrogens (primary N) is 2. The van der Waals surface area contributed by atoms with Gasteiger partial charge in [0, 0.05) is 18.7 Å². The summed E-state index contributed by atoms with van der Waals surface area (Å²) in [4.78, 5) is 11.0. The second-order valence-corrected chi connectivity index (χ2v) is 4.87. The molecule has 2 rings (SSSR count). The molecule has 1 saturated heterocycles. The van der Waals surface area contributed by atoms with Gasteiger partial charge in [0.25, 0.3) is 0 Å². The van der Waals surface area contributed by atoms with E-state index in [0.29, 0.717) is 6.42 Å². The van der Waals surface area contributed by atoms with Crippen LogP contribution in [0.4, 0.5) is 4.39 Å². The number of hydrogen-bond donors (Lipinski definition) is 2. The zero-order chi connectivity index (χ0) is 16.4. The lowest BCUT2D eigenvalue weighted by Gasteiger charge is -2.01. The van der Waals surface area contributed by atoms with Crippen molar-refractivity contribution in [3.05, 3.63) is 34.8 Å². The fourth-order valence-corrected chi connectivity index (χ4v) is 1.93. The fraction of sp³-hybridized carbons (Fsp3) is 0.562. The molecule has 0 radical (unpaired) electrons. The van der Waals surface area contributed by atoms with Crippen molar-refractivity contribution in [3.63, 3.8) is 0 Å². The number of Topliss-reactive ketones (excluding diaryl/α,β-unsaturated/α-hetero) is 1. The van der Waals surface area contributed by atoms with Crippen LogP contribution in [0.15, 0.2) is 34.8 Å². The molecule has 0 bridgehead atoms. The number of hydrazine groups is 1. The van der Waals surface area contributed by atoms with Gasteiger partial charge in [0.2, 0.25) is 0 Å². The van der Waals surface area contributed by atoms with Crippen LogP contribution in [-0.4, -0.2) is 23.9 Å². The first-order chi connectivity index (χ1) is 9.91. The quantitative estimate of drug-likeness (QED) is 0.730. The SMILES string of the molecule is CC.CC(=O)C1=CCC(C)=CC(F)=C1N.NN1CCCC1. The fourth-order valence-electron chi connectivity index (χ4n) is 1.93. The maximum Gasteiger partial charge on any atom is 0.161 e. The van der Waals surface area contributed by atoms with E-state index < -0.39 is 5.83 Å². The molecule has 0 atom stereocenters. The summed E-state index contributed by atoms with van der Waals surface area (Å²) in [6, 6.07) is 0. The maximum atomic E-state index is 13.2. The zero-order valence-electron chi connectivity index (χ0n) is 13.6. The Morgan fingerprint density at radius 3 is 2.19 bits per heavy atom.